The fourth-order valence-electron chi connectivity index (χ4n) is 3.27. The van der Waals surface area contributed by atoms with Crippen LogP contribution in [0.1, 0.15) is 23.1 Å². The van der Waals surface area contributed by atoms with Crippen LogP contribution in [-0.2, 0) is 0 Å². The quantitative estimate of drug-likeness (QED) is 0.555. The first-order valence-electron chi connectivity index (χ1n) is 7.67. The van der Waals surface area contributed by atoms with Crippen molar-refractivity contribution < 1.29 is 0 Å². The minimum atomic E-state index is -1.52. The van der Waals surface area contributed by atoms with Gasteiger partial charge in [0.15, 0.2) is 5.41 Å². The van der Waals surface area contributed by atoms with Crippen LogP contribution < -0.4 is 11.1 Å². The molecular formula is C18H14N6S2. The molecule has 0 aliphatic carbocycles. The molecule has 0 bridgehead atoms. The zero-order valence-electron chi connectivity index (χ0n) is 13.5. The fourth-order valence-corrected chi connectivity index (χ4v) is 3.94. The molecule has 2 aromatic rings. The van der Waals surface area contributed by atoms with E-state index >= 15 is 0 Å². The summed E-state index contributed by atoms with van der Waals surface area (Å²) in [4.78, 5) is 8.32. The first kappa shape index (κ1) is 17.9. The highest BCUT2D eigenvalue weighted by Gasteiger charge is 2.54. The largest absolute Gasteiger partial charge is 0.390 e. The van der Waals surface area contributed by atoms with E-state index in [-0.39, 0.29) is 4.99 Å². The Hall–Kier alpha value is -2.94. The lowest BCUT2D eigenvalue weighted by molar-refractivity contribution is 0.315. The molecule has 0 saturated carbocycles. The zero-order valence-corrected chi connectivity index (χ0v) is 15.2. The van der Waals surface area contributed by atoms with Crippen molar-refractivity contribution in [3.8, 4) is 12.1 Å². The second kappa shape index (κ2) is 7.12. The lowest BCUT2D eigenvalue weighted by Crippen LogP contribution is -2.47. The number of nitriles is 2. The maximum absolute atomic E-state index is 10.1. The summed E-state index contributed by atoms with van der Waals surface area (Å²) in [6.45, 7) is 0. The number of rotatable bonds is 3. The van der Waals surface area contributed by atoms with E-state index in [0.29, 0.717) is 21.7 Å². The SMILES string of the molecule is N#CC1(C#N)C(c2cccnc2)NC(S)=C(C(N)=S)C1c1cccnc1. The molecule has 1 aliphatic rings. The van der Waals surface area contributed by atoms with E-state index < -0.39 is 17.4 Å². The topological polar surface area (TPSA) is 111 Å². The number of nitrogens with zero attached hydrogens (tertiary/aromatic N) is 4. The average molecular weight is 378 g/mol. The van der Waals surface area contributed by atoms with Crippen molar-refractivity contribution in [2.75, 3.05) is 0 Å². The van der Waals surface area contributed by atoms with Gasteiger partial charge in [0.1, 0.15) is 4.99 Å². The summed E-state index contributed by atoms with van der Waals surface area (Å²) in [5.74, 6) is -0.706. The normalized spacial score (nSPS) is 21.2. The van der Waals surface area contributed by atoms with E-state index in [1.165, 1.54) is 0 Å². The maximum atomic E-state index is 10.1. The van der Waals surface area contributed by atoms with Crippen molar-refractivity contribution in [1.29, 1.82) is 10.5 Å². The summed E-state index contributed by atoms with van der Waals surface area (Å²) in [6, 6.07) is 10.8. The molecule has 8 heteroatoms. The minimum absolute atomic E-state index is 0.0795. The van der Waals surface area contributed by atoms with Crippen molar-refractivity contribution in [2.45, 2.75) is 12.0 Å². The predicted octanol–water partition coefficient (Wildman–Crippen LogP) is 2.37. The number of hydrogen-bond donors (Lipinski definition) is 3. The third kappa shape index (κ3) is 2.80. The molecule has 0 fully saturated rings. The second-order valence-electron chi connectivity index (χ2n) is 5.80. The van der Waals surface area contributed by atoms with Crippen LogP contribution >= 0.6 is 24.8 Å². The van der Waals surface area contributed by atoms with E-state index in [0.717, 1.165) is 0 Å². The summed E-state index contributed by atoms with van der Waals surface area (Å²) in [5.41, 5.74) is 6.22. The van der Waals surface area contributed by atoms with Gasteiger partial charge in [-0.05, 0) is 23.3 Å². The standard InChI is InChI=1S/C18H14N6S2/c19-9-18(10-20)14(11-3-1-5-22-7-11)13(16(21)25)17(26)24-15(18)12-4-2-6-23-8-12/h1-8,14-15,24,26H,(H2,21,25). The van der Waals surface area contributed by atoms with Gasteiger partial charge < -0.3 is 11.1 Å². The number of nitrogens with two attached hydrogens (primary N) is 1. The number of thiol groups is 1. The van der Waals surface area contributed by atoms with E-state index in [4.69, 9.17) is 18.0 Å². The van der Waals surface area contributed by atoms with Crippen molar-refractivity contribution in [3.05, 3.63) is 70.8 Å². The molecule has 0 spiro atoms. The Morgan fingerprint density at radius 2 is 1.73 bits per heavy atom. The summed E-state index contributed by atoms with van der Waals surface area (Å²) in [5, 5.41) is 23.8. The lowest BCUT2D eigenvalue weighted by atomic mass is 9.63. The molecule has 0 aromatic carbocycles. The number of nitrogens with one attached hydrogen (secondary N) is 1. The highest BCUT2D eigenvalue weighted by Crippen LogP contribution is 2.52. The summed E-state index contributed by atoms with van der Waals surface area (Å²) < 4.78 is 0. The molecule has 3 heterocycles. The number of aromatic nitrogens is 2. The first-order chi connectivity index (χ1) is 12.5. The molecule has 2 aromatic heterocycles. The highest BCUT2D eigenvalue weighted by atomic mass is 32.1. The Morgan fingerprint density at radius 1 is 1.15 bits per heavy atom. The van der Waals surface area contributed by atoms with E-state index in [9.17, 15) is 10.5 Å². The van der Waals surface area contributed by atoms with Crippen LogP contribution in [0.25, 0.3) is 0 Å². The molecule has 3 rings (SSSR count). The van der Waals surface area contributed by atoms with E-state index in [1.807, 2.05) is 0 Å². The zero-order chi connectivity index (χ0) is 18.7. The molecule has 2 atom stereocenters. The van der Waals surface area contributed by atoms with Gasteiger partial charge in [0.25, 0.3) is 0 Å². The van der Waals surface area contributed by atoms with Gasteiger partial charge in [0.05, 0.1) is 29.1 Å². The second-order valence-corrected chi connectivity index (χ2v) is 6.69. The van der Waals surface area contributed by atoms with Crippen LogP contribution in [0.3, 0.4) is 0 Å². The molecule has 0 radical (unpaired) electrons. The van der Waals surface area contributed by atoms with Gasteiger partial charge >= 0.3 is 0 Å². The Morgan fingerprint density at radius 3 is 2.19 bits per heavy atom. The van der Waals surface area contributed by atoms with Crippen LogP contribution in [0.15, 0.2) is 59.7 Å². The number of hydrogen-bond acceptors (Lipinski definition) is 7. The van der Waals surface area contributed by atoms with Crippen LogP contribution in [0.2, 0.25) is 0 Å². The van der Waals surface area contributed by atoms with Gasteiger partial charge in [-0.1, -0.05) is 24.4 Å². The minimum Gasteiger partial charge on any atom is -0.390 e. The van der Waals surface area contributed by atoms with Gasteiger partial charge in [-0.15, -0.1) is 12.6 Å². The molecule has 26 heavy (non-hydrogen) atoms. The van der Waals surface area contributed by atoms with Crippen LogP contribution in [0.5, 0.6) is 0 Å². The van der Waals surface area contributed by atoms with E-state index in [1.54, 1.807) is 49.1 Å². The smallest absolute Gasteiger partial charge is 0.178 e. The van der Waals surface area contributed by atoms with Crippen LogP contribution in [-0.4, -0.2) is 15.0 Å². The third-order valence-electron chi connectivity index (χ3n) is 4.41. The molecule has 128 valence electrons. The first-order valence-corrected chi connectivity index (χ1v) is 8.52. The molecule has 2 unspecified atom stereocenters. The van der Waals surface area contributed by atoms with Crippen molar-refractivity contribution in [1.82, 2.24) is 15.3 Å². The summed E-state index contributed by atoms with van der Waals surface area (Å²) in [7, 11) is 0. The third-order valence-corrected chi connectivity index (χ3v) is 5.00. The van der Waals surface area contributed by atoms with Gasteiger partial charge in [0.2, 0.25) is 0 Å². The number of pyridine rings is 2. The van der Waals surface area contributed by atoms with Crippen molar-refractivity contribution in [2.24, 2.45) is 11.1 Å². The van der Waals surface area contributed by atoms with Gasteiger partial charge in [-0.25, -0.2) is 0 Å². The summed E-state index contributed by atoms with van der Waals surface area (Å²) in [6.07, 6.45) is 6.48. The molecule has 1 aliphatic heterocycles. The van der Waals surface area contributed by atoms with Gasteiger partial charge in [0, 0.05) is 30.4 Å². The van der Waals surface area contributed by atoms with Crippen LogP contribution in [0, 0.1) is 28.1 Å². The predicted molar refractivity (Wildman–Crippen MR) is 104 cm³/mol. The Labute approximate surface area is 161 Å². The van der Waals surface area contributed by atoms with E-state index in [2.05, 4.69) is 40.1 Å². The number of thiocarbonyl (C=S) groups is 1. The molecular weight excluding hydrogens is 364 g/mol. The van der Waals surface area contributed by atoms with Gasteiger partial charge in [-0.3, -0.25) is 9.97 Å². The van der Waals surface area contributed by atoms with Crippen LogP contribution in [0.4, 0.5) is 0 Å². The fraction of sp³-hybridized carbons (Fsp3) is 0.167. The highest BCUT2D eigenvalue weighted by molar-refractivity contribution is 7.84. The molecule has 3 N–H and O–H groups in total. The van der Waals surface area contributed by atoms with Crippen molar-refractivity contribution in [3.63, 3.8) is 0 Å². The molecule has 6 nitrogen and oxygen atoms in total. The Bertz CT molecular complexity index is 929. The summed E-state index contributed by atoms with van der Waals surface area (Å²) >= 11 is 9.71. The molecule has 0 saturated heterocycles. The lowest BCUT2D eigenvalue weighted by Gasteiger charge is -2.42. The maximum Gasteiger partial charge on any atom is 0.178 e. The Kier molecular flexibility index (Phi) is 4.90. The Balaban J connectivity index is 2.32. The average Bonchev–Trinajstić information content (AvgIpc) is 2.68. The van der Waals surface area contributed by atoms with Crippen molar-refractivity contribution >= 4 is 29.8 Å². The van der Waals surface area contributed by atoms with Gasteiger partial charge in [-0.2, -0.15) is 10.5 Å². The molecule has 0 amide bonds. The monoisotopic (exact) mass is 378 g/mol.